The normalized spacial score (nSPS) is 18.2. The van der Waals surface area contributed by atoms with Gasteiger partial charge in [0.25, 0.3) is 0 Å². The second-order valence-corrected chi connectivity index (χ2v) is 6.37. The van der Waals surface area contributed by atoms with Crippen LogP contribution in [0.2, 0.25) is 0 Å². The first-order valence-electron chi connectivity index (χ1n) is 7.93. The second kappa shape index (κ2) is 6.03. The number of phenolic OH excluding ortho intramolecular Hbond substituents is 1. The number of amides is 1. The summed E-state index contributed by atoms with van der Waals surface area (Å²) in [5.41, 5.74) is 2.19. The van der Waals surface area contributed by atoms with Crippen LogP contribution in [0.5, 0.6) is 11.5 Å². The van der Waals surface area contributed by atoms with Gasteiger partial charge in [0, 0.05) is 18.7 Å². The van der Waals surface area contributed by atoms with Gasteiger partial charge in [0.05, 0.1) is 7.11 Å². The number of methoxy groups -OCH3 is 1. The van der Waals surface area contributed by atoms with Gasteiger partial charge in [-0.3, -0.25) is 4.79 Å². The summed E-state index contributed by atoms with van der Waals surface area (Å²) in [5.74, 6) is 1.31. The number of rotatable bonds is 6. The molecule has 2 aliphatic rings. The van der Waals surface area contributed by atoms with Gasteiger partial charge < -0.3 is 14.7 Å². The number of aromatic hydroxyl groups is 1. The van der Waals surface area contributed by atoms with Crippen molar-refractivity contribution in [1.29, 1.82) is 0 Å². The molecule has 4 heteroatoms. The molecule has 3 rings (SSSR count). The maximum atomic E-state index is 12.6. The molecule has 1 aromatic carbocycles. The Balaban J connectivity index is 1.74. The Morgan fingerprint density at radius 1 is 1.36 bits per heavy atom. The standard InChI is InChI=1S/C18H23NO3/c1-12(14-4-5-14)9-18(21)19(15-6-7-15)11-13-3-8-16(20)17(10-13)22-2/h3,8-10,14-15,20H,4-7,11H2,1-2H3. The van der Waals surface area contributed by atoms with E-state index in [9.17, 15) is 9.90 Å². The quantitative estimate of drug-likeness (QED) is 0.821. The first-order valence-corrected chi connectivity index (χ1v) is 7.93. The van der Waals surface area contributed by atoms with E-state index in [1.54, 1.807) is 12.1 Å². The van der Waals surface area contributed by atoms with Crippen molar-refractivity contribution in [2.75, 3.05) is 7.11 Å². The van der Waals surface area contributed by atoms with E-state index in [1.807, 2.05) is 17.0 Å². The Labute approximate surface area is 131 Å². The van der Waals surface area contributed by atoms with Crippen molar-refractivity contribution >= 4 is 5.91 Å². The van der Waals surface area contributed by atoms with E-state index in [0.29, 0.717) is 24.3 Å². The van der Waals surface area contributed by atoms with Crippen LogP contribution in [0.1, 0.15) is 38.2 Å². The Bertz CT molecular complexity index is 600. The Morgan fingerprint density at radius 3 is 2.68 bits per heavy atom. The van der Waals surface area contributed by atoms with Crippen LogP contribution in [0.25, 0.3) is 0 Å². The Morgan fingerprint density at radius 2 is 2.09 bits per heavy atom. The smallest absolute Gasteiger partial charge is 0.247 e. The van der Waals surface area contributed by atoms with Crippen LogP contribution in [0.3, 0.4) is 0 Å². The number of carbonyl (C=O) groups excluding carboxylic acids is 1. The molecule has 2 saturated carbocycles. The molecule has 0 saturated heterocycles. The summed E-state index contributed by atoms with van der Waals surface area (Å²) in [7, 11) is 1.53. The van der Waals surface area contributed by atoms with Crippen LogP contribution in [-0.2, 0) is 11.3 Å². The Hall–Kier alpha value is -1.97. The monoisotopic (exact) mass is 301 g/mol. The average molecular weight is 301 g/mol. The molecule has 0 heterocycles. The van der Waals surface area contributed by atoms with Gasteiger partial charge in [-0.2, -0.15) is 0 Å². The van der Waals surface area contributed by atoms with Gasteiger partial charge in [-0.05, 0) is 56.2 Å². The highest BCUT2D eigenvalue weighted by Crippen LogP contribution is 2.37. The molecule has 0 radical (unpaired) electrons. The highest BCUT2D eigenvalue weighted by molar-refractivity contribution is 5.88. The first kappa shape index (κ1) is 14.9. The number of nitrogens with zero attached hydrogens (tertiary/aromatic N) is 1. The summed E-state index contributed by atoms with van der Waals surface area (Å²) in [4.78, 5) is 14.5. The number of carbonyl (C=O) groups is 1. The number of allylic oxidation sites excluding steroid dienone is 1. The minimum Gasteiger partial charge on any atom is -0.504 e. The number of hydrogen-bond acceptors (Lipinski definition) is 3. The zero-order valence-electron chi connectivity index (χ0n) is 13.2. The van der Waals surface area contributed by atoms with Crippen LogP contribution >= 0.6 is 0 Å². The number of hydrogen-bond donors (Lipinski definition) is 1. The maximum Gasteiger partial charge on any atom is 0.247 e. The van der Waals surface area contributed by atoms with Gasteiger partial charge in [-0.15, -0.1) is 0 Å². The van der Waals surface area contributed by atoms with Crippen molar-refractivity contribution in [3.8, 4) is 11.5 Å². The number of phenols is 1. The zero-order chi connectivity index (χ0) is 15.7. The first-order chi connectivity index (χ1) is 10.6. The average Bonchev–Trinajstić information content (AvgIpc) is 3.38. The van der Waals surface area contributed by atoms with E-state index in [2.05, 4.69) is 6.92 Å². The van der Waals surface area contributed by atoms with Gasteiger partial charge in [-0.25, -0.2) is 0 Å². The lowest BCUT2D eigenvalue weighted by Gasteiger charge is -2.22. The molecule has 1 aromatic rings. The molecule has 0 bridgehead atoms. The minimum atomic E-state index is 0.110. The predicted molar refractivity (Wildman–Crippen MR) is 84.7 cm³/mol. The minimum absolute atomic E-state index is 0.110. The highest BCUT2D eigenvalue weighted by atomic mass is 16.5. The predicted octanol–water partition coefficient (Wildman–Crippen LogP) is 3.25. The molecule has 0 unspecified atom stereocenters. The number of benzene rings is 1. The molecular weight excluding hydrogens is 278 g/mol. The molecular formula is C18H23NO3. The van der Waals surface area contributed by atoms with Crippen LogP contribution in [0.15, 0.2) is 29.8 Å². The van der Waals surface area contributed by atoms with Crippen molar-refractivity contribution in [2.24, 2.45) is 5.92 Å². The largest absolute Gasteiger partial charge is 0.504 e. The third kappa shape index (κ3) is 3.43. The molecule has 2 aliphatic carbocycles. The number of ether oxygens (including phenoxy) is 1. The van der Waals surface area contributed by atoms with Crippen LogP contribution in [0.4, 0.5) is 0 Å². The Kier molecular flexibility index (Phi) is 4.10. The van der Waals surface area contributed by atoms with Crippen molar-refractivity contribution < 1.29 is 14.6 Å². The van der Waals surface area contributed by atoms with Crippen molar-refractivity contribution in [3.05, 3.63) is 35.4 Å². The molecule has 0 aromatic heterocycles. The molecule has 1 amide bonds. The van der Waals surface area contributed by atoms with Gasteiger partial charge >= 0.3 is 0 Å². The van der Waals surface area contributed by atoms with E-state index in [0.717, 1.165) is 18.4 Å². The van der Waals surface area contributed by atoms with Gasteiger partial charge in [-0.1, -0.05) is 11.6 Å². The van der Waals surface area contributed by atoms with Crippen molar-refractivity contribution in [2.45, 2.75) is 45.2 Å². The third-order valence-corrected chi connectivity index (χ3v) is 4.44. The molecule has 1 N–H and O–H groups in total. The van der Waals surface area contributed by atoms with Gasteiger partial charge in [0.15, 0.2) is 11.5 Å². The van der Waals surface area contributed by atoms with E-state index >= 15 is 0 Å². The lowest BCUT2D eigenvalue weighted by Crippen LogP contribution is -2.31. The van der Waals surface area contributed by atoms with Gasteiger partial charge in [0.1, 0.15) is 0 Å². The van der Waals surface area contributed by atoms with E-state index in [-0.39, 0.29) is 11.7 Å². The van der Waals surface area contributed by atoms with Crippen LogP contribution in [-0.4, -0.2) is 29.1 Å². The van der Waals surface area contributed by atoms with Crippen LogP contribution in [0, 0.1) is 5.92 Å². The SMILES string of the molecule is COc1cc(CN(C(=O)C=C(C)C2CC2)C2CC2)ccc1O. The molecule has 118 valence electrons. The summed E-state index contributed by atoms with van der Waals surface area (Å²) in [6.45, 7) is 2.62. The van der Waals surface area contributed by atoms with Crippen LogP contribution < -0.4 is 4.74 Å². The fraction of sp³-hybridized carbons (Fsp3) is 0.500. The maximum absolute atomic E-state index is 12.6. The molecule has 4 nitrogen and oxygen atoms in total. The molecule has 0 atom stereocenters. The highest BCUT2D eigenvalue weighted by Gasteiger charge is 2.32. The summed E-state index contributed by atoms with van der Waals surface area (Å²) in [6, 6.07) is 5.62. The molecule has 2 fully saturated rings. The summed E-state index contributed by atoms with van der Waals surface area (Å²) < 4.78 is 5.14. The molecule has 0 aliphatic heterocycles. The fourth-order valence-corrected chi connectivity index (χ4v) is 2.72. The summed E-state index contributed by atoms with van der Waals surface area (Å²) in [5, 5.41) is 9.67. The van der Waals surface area contributed by atoms with E-state index in [4.69, 9.17) is 4.74 Å². The topological polar surface area (TPSA) is 49.8 Å². The molecule has 0 spiro atoms. The van der Waals surface area contributed by atoms with Crippen molar-refractivity contribution in [3.63, 3.8) is 0 Å². The second-order valence-electron chi connectivity index (χ2n) is 6.37. The fourth-order valence-electron chi connectivity index (χ4n) is 2.72. The van der Waals surface area contributed by atoms with Gasteiger partial charge in [0.2, 0.25) is 5.91 Å². The zero-order valence-corrected chi connectivity index (χ0v) is 13.2. The summed E-state index contributed by atoms with van der Waals surface area (Å²) in [6.07, 6.45) is 6.41. The third-order valence-electron chi connectivity index (χ3n) is 4.44. The van der Waals surface area contributed by atoms with Crippen molar-refractivity contribution in [1.82, 2.24) is 4.90 Å². The summed E-state index contributed by atoms with van der Waals surface area (Å²) >= 11 is 0. The van der Waals surface area contributed by atoms with E-state index in [1.165, 1.54) is 25.5 Å². The lowest BCUT2D eigenvalue weighted by molar-refractivity contribution is -0.127. The lowest BCUT2D eigenvalue weighted by atomic mass is 10.1. The van der Waals surface area contributed by atoms with E-state index < -0.39 is 0 Å². The molecule has 22 heavy (non-hydrogen) atoms.